The lowest BCUT2D eigenvalue weighted by atomic mass is 10.1. The summed E-state index contributed by atoms with van der Waals surface area (Å²) in [4.78, 5) is 0. The van der Waals surface area contributed by atoms with E-state index in [4.69, 9.17) is 0 Å². The Morgan fingerprint density at radius 2 is 2.27 bits per heavy atom. The van der Waals surface area contributed by atoms with Crippen molar-refractivity contribution >= 4 is 5.57 Å². The van der Waals surface area contributed by atoms with Crippen LogP contribution >= 0.6 is 0 Å². The summed E-state index contributed by atoms with van der Waals surface area (Å²) in [5.41, 5.74) is 1.20. The SMILES string of the molecule is C=C/C=C(\C=C(\F)C=C)c1cn(C)nn1. The molecular formula is C11H12FN3. The smallest absolute Gasteiger partial charge is 0.123 e. The molecule has 0 amide bonds. The number of aryl methyl sites for hydroxylation is 1. The number of allylic oxidation sites excluding steroid dienone is 6. The second-order valence-corrected chi connectivity index (χ2v) is 2.87. The van der Waals surface area contributed by atoms with E-state index in [1.165, 1.54) is 6.08 Å². The second-order valence-electron chi connectivity index (χ2n) is 2.87. The number of rotatable bonds is 4. The largest absolute Gasteiger partial charge is 0.255 e. The minimum atomic E-state index is -0.422. The van der Waals surface area contributed by atoms with Crippen LogP contribution in [0.5, 0.6) is 0 Å². The maximum absolute atomic E-state index is 13.0. The number of hydrogen-bond acceptors (Lipinski definition) is 2. The Morgan fingerprint density at radius 1 is 1.53 bits per heavy atom. The molecule has 1 heterocycles. The van der Waals surface area contributed by atoms with Gasteiger partial charge in [0.25, 0.3) is 0 Å². The van der Waals surface area contributed by atoms with Crippen LogP contribution < -0.4 is 0 Å². The first-order valence-electron chi connectivity index (χ1n) is 4.36. The van der Waals surface area contributed by atoms with Gasteiger partial charge < -0.3 is 0 Å². The third-order valence-electron chi connectivity index (χ3n) is 1.68. The molecule has 0 fully saturated rings. The molecule has 78 valence electrons. The summed E-state index contributed by atoms with van der Waals surface area (Å²) in [6.07, 6.45) is 7.39. The molecular weight excluding hydrogens is 193 g/mol. The predicted molar refractivity (Wildman–Crippen MR) is 58.6 cm³/mol. The van der Waals surface area contributed by atoms with Crippen LogP contribution in [-0.4, -0.2) is 15.0 Å². The number of halogens is 1. The van der Waals surface area contributed by atoms with Crippen LogP contribution in [0.25, 0.3) is 5.57 Å². The molecule has 0 saturated carbocycles. The van der Waals surface area contributed by atoms with Gasteiger partial charge in [-0.15, -0.1) is 5.10 Å². The van der Waals surface area contributed by atoms with Crippen LogP contribution in [0.1, 0.15) is 5.69 Å². The normalized spacial score (nSPS) is 12.7. The van der Waals surface area contributed by atoms with Crippen molar-refractivity contribution in [2.45, 2.75) is 0 Å². The lowest BCUT2D eigenvalue weighted by Gasteiger charge is -1.94. The Balaban J connectivity index is 3.09. The summed E-state index contributed by atoms with van der Waals surface area (Å²) in [5, 5.41) is 7.64. The van der Waals surface area contributed by atoms with Crippen molar-refractivity contribution in [3.8, 4) is 0 Å². The van der Waals surface area contributed by atoms with E-state index >= 15 is 0 Å². The third-order valence-corrected chi connectivity index (χ3v) is 1.68. The molecule has 0 radical (unpaired) electrons. The molecule has 4 heteroatoms. The quantitative estimate of drug-likeness (QED) is 0.707. The van der Waals surface area contributed by atoms with Crippen LogP contribution in [0, 0.1) is 0 Å². The van der Waals surface area contributed by atoms with Crippen LogP contribution in [0.15, 0.2) is 49.5 Å². The molecule has 0 N–H and O–H groups in total. The lowest BCUT2D eigenvalue weighted by molar-refractivity contribution is 0.668. The summed E-state index contributed by atoms with van der Waals surface area (Å²) in [6.45, 7) is 6.89. The van der Waals surface area contributed by atoms with Gasteiger partial charge in [-0.25, -0.2) is 4.39 Å². The lowest BCUT2D eigenvalue weighted by Crippen LogP contribution is -1.85. The van der Waals surface area contributed by atoms with Crippen LogP contribution in [0.3, 0.4) is 0 Å². The van der Waals surface area contributed by atoms with E-state index < -0.39 is 5.83 Å². The summed E-state index contributed by atoms with van der Waals surface area (Å²) in [7, 11) is 1.75. The summed E-state index contributed by atoms with van der Waals surface area (Å²) in [6, 6.07) is 0. The van der Waals surface area contributed by atoms with Gasteiger partial charge in [-0.3, -0.25) is 4.68 Å². The highest BCUT2D eigenvalue weighted by molar-refractivity contribution is 5.73. The molecule has 1 aromatic heterocycles. The zero-order valence-electron chi connectivity index (χ0n) is 8.52. The van der Waals surface area contributed by atoms with E-state index in [0.29, 0.717) is 11.3 Å². The molecule has 0 unspecified atom stereocenters. The fourth-order valence-electron chi connectivity index (χ4n) is 1.02. The first-order chi connectivity index (χ1) is 7.17. The molecule has 0 saturated heterocycles. The van der Waals surface area contributed by atoms with Crippen LogP contribution in [0.4, 0.5) is 4.39 Å². The van der Waals surface area contributed by atoms with Crippen molar-refractivity contribution in [2.75, 3.05) is 0 Å². The number of nitrogens with zero attached hydrogens (tertiary/aromatic N) is 3. The molecule has 1 rings (SSSR count). The van der Waals surface area contributed by atoms with Crippen molar-refractivity contribution in [3.05, 3.63) is 55.2 Å². The average molecular weight is 205 g/mol. The van der Waals surface area contributed by atoms with Gasteiger partial charge in [-0.1, -0.05) is 30.5 Å². The van der Waals surface area contributed by atoms with Crippen molar-refractivity contribution in [3.63, 3.8) is 0 Å². The summed E-state index contributed by atoms with van der Waals surface area (Å²) >= 11 is 0. The minimum absolute atomic E-state index is 0.422. The van der Waals surface area contributed by atoms with Gasteiger partial charge in [0.2, 0.25) is 0 Å². The zero-order valence-corrected chi connectivity index (χ0v) is 8.52. The van der Waals surface area contributed by atoms with E-state index in [2.05, 4.69) is 23.5 Å². The Morgan fingerprint density at radius 3 is 2.73 bits per heavy atom. The molecule has 0 spiro atoms. The van der Waals surface area contributed by atoms with E-state index in [-0.39, 0.29) is 0 Å². The monoisotopic (exact) mass is 205 g/mol. The maximum atomic E-state index is 13.0. The number of aromatic nitrogens is 3. The van der Waals surface area contributed by atoms with Gasteiger partial charge in [0.1, 0.15) is 11.5 Å². The molecule has 0 bridgehead atoms. The van der Waals surface area contributed by atoms with E-state index in [1.807, 2.05) is 0 Å². The standard InChI is InChI=1S/C11H12FN3/c1-4-6-9(7-10(12)5-2)11-8-15(3)14-13-11/h4-8H,1-2H2,3H3/b9-6+,10-7+. The third kappa shape index (κ3) is 3.02. The van der Waals surface area contributed by atoms with Gasteiger partial charge >= 0.3 is 0 Å². The van der Waals surface area contributed by atoms with Crippen molar-refractivity contribution in [1.29, 1.82) is 0 Å². The highest BCUT2D eigenvalue weighted by Gasteiger charge is 2.03. The Hall–Kier alpha value is -1.97. The topological polar surface area (TPSA) is 30.7 Å². The van der Waals surface area contributed by atoms with Gasteiger partial charge in [0, 0.05) is 12.6 Å². The van der Waals surface area contributed by atoms with Crippen molar-refractivity contribution in [1.82, 2.24) is 15.0 Å². The summed E-state index contributed by atoms with van der Waals surface area (Å²) < 4.78 is 14.6. The van der Waals surface area contributed by atoms with E-state index in [9.17, 15) is 4.39 Å². The molecule has 0 aliphatic heterocycles. The highest BCUT2D eigenvalue weighted by atomic mass is 19.1. The maximum Gasteiger partial charge on any atom is 0.123 e. The fourth-order valence-corrected chi connectivity index (χ4v) is 1.02. The molecule has 0 aromatic carbocycles. The fraction of sp³-hybridized carbons (Fsp3) is 0.0909. The Labute approximate surface area is 87.9 Å². The molecule has 15 heavy (non-hydrogen) atoms. The van der Waals surface area contributed by atoms with Crippen LogP contribution in [-0.2, 0) is 7.05 Å². The zero-order chi connectivity index (χ0) is 11.3. The minimum Gasteiger partial charge on any atom is -0.255 e. The molecule has 3 nitrogen and oxygen atoms in total. The molecule has 0 aliphatic carbocycles. The van der Waals surface area contributed by atoms with Gasteiger partial charge in [-0.2, -0.15) is 0 Å². The average Bonchev–Trinajstić information content (AvgIpc) is 2.64. The van der Waals surface area contributed by atoms with Gasteiger partial charge in [-0.05, 0) is 12.2 Å². The van der Waals surface area contributed by atoms with Gasteiger partial charge in [0.05, 0.1) is 6.20 Å². The van der Waals surface area contributed by atoms with E-state index in [0.717, 1.165) is 6.08 Å². The number of hydrogen-bond donors (Lipinski definition) is 0. The molecule has 0 aliphatic rings. The van der Waals surface area contributed by atoms with Crippen LogP contribution in [0.2, 0.25) is 0 Å². The Bertz CT molecular complexity index is 427. The first kappa shape index (κ1) is 11.1. The predicted octanol–water partition coefficient (Wildman–Crippen LogP) is 2.42. The molecule has 1 aromatic rings. The molecule has 0 atom stereocenters. The first-order valence-corrected chi connectivity index (χ1v) is 4.36. The van der Waals surface area contributed by atoms with E-state index in [1.54, 1.807) is 30.1 Å². The van der Waals surface area contributed by atoms with Gasteiger partial charge in [0.15, 0.2) is 0 Å². The highest BCUT2D eigenvalue weighted by Crippen LogP contribution is 2.15. The van der Waals surface area contributed by atoms with Crippen molar-refractivity contribution < 1.29 is 4.39 Å². The summed E-state index contributed by atoms with van der Waals surface area (Å²) in [5.74, 6) is -0.422. The Kier molecular flexibility index (Phi) is 3.74. The van der Waals surface area contributed by atoms with Crippen molar-refractivity contribution in [2.24, 2.45) is 7.05 Å². The second kappa shape index (κ2) is 5.05.